The van der Waals surface area contributed by atoms with Crippen molar-refractivity contribution in [2.24, 2.45) is 0 Å². The molecule has 0 aliphatic carbocycles. The zero-order valence-electron chi connectivity index (χ0n) is 14.5. The number of methoxy groups -OCH3 is 1. The molecular formula is C19H21ClN2O3. The summed E-state index contributed by atoms with van der Waals surface area (Å²) < 4.78 is 5.26. The summed E-state index contributed by atoms with van der Waals surface area (Å²) in [6, 6.07) is 12.7. The predicted molar refractivity (Wildman–Crippen MR) is 99.1 cm³/mol. The third kappa shape index (κ3) is 4.97. The summed E-state index contributed by atoms with van der Waals surface area (Å²) in [4.78, 5) is 25.7. The Morgan fingerprint density at radius 1 is 1.20 bits per heavy atom. The van der Waals surface area contributed by atoms with E-state index in [-0.39, 0.29) is 18.4 Å². The number of aryl methyl sites for hydroxylation is 1. The number of hydrogen-bond donors (Lipinski definition) is 1. The van der Waals surface area contributed by atoms with Gasteiger partial charge in [-0.15, -0.1) is 0 Å². The Balaban J connectivity index is 2.08. The Labute approximate surface area is 152 Å². The summed E-state index contributed by atoms with van der Waals surface area (Å²) in [5.41, 5.74) is 2.37. The Hall–Kier alpha value is -2.53. The smallest absolute Gasteiger partial charge is 0.240 e. The molecule has 132 valence electrons. The van der Waals surface area contributed by atoms with Gasteiger partial charge in [-0.25, -0.2) is 0 Å². The van der Waals surface area contributed by atoms with E-state index in [1.807, 2.05) is 37.3 Å². The number of carbonyl (C=O) groups excluding carboxylic acids is 2. The van der Waals surface area contributed by atoms with Crippen molar-refractivity contribution in [3.05, 3.63) is 58.6 Å². The van der Waals surface area contributed by atoms with E-state index in [1.54, 1.807) is 19.2 Å². The van der Waals surface area contributed by atoms with Gasteiger partial charge in [0.05, 0.1) is 7.11 Å². The second kappa shape index (κ2) is 8.53. The first-order valence-electron chi connectivity index (χ1n) is 7.85. The van der Waals surface area contributed by atoms with Crippen LogP contribution in [0.1, 0.15) is 18.1 Å². The van der Waals surface area contributed by atoms with Crippen molar-refractivity contribution in [1.82, 2.24) is 5.32 Å². The van der Waals surface area contributed by atoms with Crippen molar-refractivity contribution < 1.29 is 14.3 Å². The van der Waals surface area contributed by atoms with Gasteiger partial charge in [-0.2, -0.15) is 0 Å². The average molecular weight is 361 g/mol. The molecule has 0 radical (unpaired) electrons. The zero-order chi connectivity index (χ0) is 18.4. The van der Waals surface area contributed by atoms with Gasteiger partial charge in [0.2, 0.25) is 11.8 Å². The number of hydrogen-bond acceptors (Lipinski definition) is 3. The SMILES string of the molecule is COc1ccccc1CNC(=O)CN(C(C)=O)c1cc(Cl)ccc1C. The van der Waals surface area contributed by atoms with Crippen molar-refractivity contribution in [2.75, 3.05) is 18.6 Å². The van der Waals surface area contributed by atoms with Crippen LogP contribution in [0.15, 0.2) is 42.5 Å². The van der Waals surface area contributed by atoms with Gasteiger partial charge >= 0.3 is 0 Å². The van der Waals surface area contributed by atoms with E-state index in [1.165, 1.54) is 11.8 Å². The standard InChI is InChI=1S/C19H21ClN2O3/c1-13-8-9-16(20)10-17(13)22(14(2)23)12-19(24)21-11-15-6-4-5-7-18(15)25-3/h4-10H,11-12H2,1-3H3,(H,21,24). The molecule has 2 rings (SSSR count). The first-order chi connectivity index (χ1) is 11.9. The van der Waals surface area contributed by atoms with Crippen LogP contribution in [-0.2, 0) is 16.1 Å². The first-order valence-corrected chi connectivity index (χ1v) is 8.23. The topological polar surface area (TPSA) is 58.6 Å². The van der Waals surface area contributed by atoms with E-state index in [9.17, 15) is 9.59 Å². The summed E-state index contributed by atoms with van der Waals surface area (Å²) in [6.45, 7) is 3.54. The van der Waals surface area contributed by atoms with Gasteiger partial charge in [0.25, 0.3) is 0 Å². The lowest BCUT2D eigenvalue weighted by atomic mass is 10.1. The molecule has 0 aromatic heterocycles. The number of ether oxygens (including phenoxy) is 1. The van der Waals surface area contributed by atoms with Gasteiger partial charge in [0.1, 0.15) is 12.3 Å². The highest BCUT2D eigenvalue weighted by Gasteiger charge is 2.18. The predicted octanol–water partition coefficient (Wildman–Crippen LogP) is 3.33. The lowest BCUT2D eigenvalue weighted by Gasteiger charge is -2.23. The molecule has 0 saturated carbocycles. The first kappa shape index (κ1) is 18.8. The van der Waals surface area contributed by atoms with Crippen LogP contribution in [0.25, 0.3) is 0 Å². The quantitative estimate of drug-likeness (QED) is 0.859. The Bertz CT molecular complexity index is 777. The fourth-order valence-corrected chi connectivity index (χ4v) is 2.65. The van der Waals surface area contributed by atoms with Crippen molar-refractivity contribution in [3.8, 4) is 5.75 Å². The molecule has 0 aliphatic heterocycles. The van der Waals surface area contributed by atoms with E-state index < -0.39 is 0 Å². The van der Waals surface area contributed by atoms with Gasteiger partial charge in [-0.1, -0.05) is 35.9 Å². The minimum Gasteiger partial charge on any atom is -0.496 e. The molecule has 2 aromatic carbocycles. The Morgan fingerprint density at radius 2 is 1.92 bits per heavy atom. The average Bonchev–Trinajstić information content (AvgIpc) is 2.60. The molecule has 2 amide bonds. The number of nitrogens with one attached hydrogen (secondary N) is 1. The van der Waals surface area contributed by atoms with E-state index in [4.69, 9.17) is 16.3 Å². The van der Waals surface area contributed by atoms with Gasteiger partial charge in [0, 0.05) is 29.7 Å². The van der Waals surface area contributed by atoms with Crippen LogP contribution in [0.3, 0.4) is 0 Å². The maximum absolute atomic E-state index is 12.3. The summed E-state index contributed by atoms with van der Waals surface area (Å²) >= 11 is 6.02. The minimum atomic E-state index is -0.263. The van der Waals surface area contributed by atoms with E-state index in [0.29, 0.717) is 23.0 Å². The highest BCUT2D eigenvalue weighted by atomic mass is 35.5. The lowest BCUT2D eigenvalue weighted by molar-refractivity contribution is -0.123. The van der Waals surface area contributed by atoms with Crippen LogP contribution in [0.5, 0.6) is 5.75 Å². The fraction of sp³-hybridized carbons (Fsp3) is 0.263. The largest absolute Gasteiger partial charge is 0.496 e. The summed E-state index contributed by atoms with van der Waals surface area (Å²) in [6.07, 6.45) is 0. The molecular weight excluding hydrogens is 340 g/mol. The summed E-state index contributed by atoms with van der Waals surface area (Å²) in [5.74, 6) is 0.218. The normalized spacial score (nSPS) is 10.2. The van der Waals surface area contributed by atoms with Gasteiger partial charge in [-0.05, 0) is 30.7 Å². The summed E-state index contributed by atoms with van der Waals surface area (Å²) in [7, 11) is 1.58. The minimum absolute atomic E-state index is 0.0777. The zero-order valence-corrected chi connectivity index (χ0v) is 15.3. The number of anilines is 1. The molecule has 0 heterocycles. The molecule has 0 aliphatic rings. The fourth-order valence-electron chi connectivity index (χ4n) is 2.48. The van der Waals surface area contributed by atoms with Crippen molar-refractivity contribution in [1.29, 1.82) is 0 Å². The molecule has 0 atom stereocenters. The van der Waals surface area contributed by atoms with E-state index in [2.05, 4.69) is 5.32 Å². The number of carbonyl (C=O) groups is 2. The van der Waals surface area contributed by atoms with Crippen molar-refractivity contribution in [3.63, 3.8) is 0 Å². The van der Waals surface area contributed by atoms with Crippen LogP contribution < -0.4 is 15.0 Å². The molecule has 2 aromatic rings. The molecule has 6 heteroatoms. The number of nitrogens with zero attached hydrogens (tertiary/aromatic N) is 1. The van der Waals surface area contributed by atoms with Crippen molar-refractivity contribution >= 4 is 29.1 Å². The van der Waals surface area contributed by atoms with Gasteiger partial charge in [-0.3, -0.25) is 9.59 Å². The van der Waals surface area contributed by atoms with Crippen LogP contribution >= 0.6 is 11.6 Å². The monoisotopic (exact) mass is 360 g/mol. The van der Waals surface area contributed by atoms with E-state index >= 15 is 0 Å². The third-order valence-corrected chi connectivity index (χ3v) is 4.05. The van der Waals surface area contributed by atoms with Gasteiger partial charge in [0.15, 0.2) is 0 Å². The molecule has 25 heavy (non-hydrogen) atoms. The molecule has 5 nitrogen and oxygen atoms in total. The van der Waals surface area contributed by atoms with Crippen LogP contribution in [0.4, 0.5) is 5.69 Å². The maximum atomic E-state index is 12.3. The highest BCUT2D eigenvalue weighted by Crippen LogP contribution is 2.24. The molecule has 0 spiro atoms. The molecule has 0 unspecified atom stereocenters. The number of amides is 2. The van der Waals surface area contributed by atoms with Crippen LogP contribution in [-0.4, -0.2) is 25.5 Å². The van der Waals surface area contributed by atoms with Gasteiger partial charge < -0.3 is 15.0 Å². The molecule has 0 bridgehead atoms. The van der Waals surface area contributed by atoms with Crippen LogP contribution in [0.2, 0.25) is 5.02 Å². The second-order valence-electron chi connectivity index (χ2n) is 5.62. The molecule has 1 N–H and O–H groups in total. The number of para-hydroxylation sites is 1. The Kier molecular flexibility index (Phi) is 6.42. The second-order valence-corrected chi connectivity index (χ2v) is 6.06. The summed E-state index contributed by atoms with van der Waals surface area (Å²) in [5, 5.41) is 3.33. The van der Waals surface area contributed by atoms with E-state index in [0.717, 1.165) is 11.1 Å². The Morgan fingerprint density at radius 3 is 2.60 bits per heavy atom. The number of rotatable bonds is 6. The third-order valence-electron chi connectivity index (χ3n) is 3.81. The highest BCUT2D eigenvalue weighted by molar-refractivity contribution is 6.31. The maximum Gasteiger partial charge on any atom is 0.240 e. The number of benzene rings is 2. The lowest BCUT2D eigenvalue weighted by Crippen LogP contribution is -2.40. The molecule has 0 fully saturated rings. The molecule has 0 saturated heterocycles. The van der Waals surface area contributed by atoms with Crippen LogP contribution in [0, 0.1) is 6.92 Å². The number of halogens is 1. The van der Waals surface area contributed by atoms with Crippen molar-refractivity contribution in [2.45, 2.75) is 20.4 Å².